The van der Waals surface area contributed by atoms with E-state index in [-0.39, 0.29) is 12.1 Å². The van der Waals surface area contributed by atoms with Crippen LogP contribution in [0.5, 0.6) is 0 Å². The summed E-state index contributed by atoms with van der Waals surface area (Å²) in [5.74, 6) is 0.800. The maximum Gasteiger partial charge on any atom is 0.317 e. The fourth-order valence-electron chi connectivity index (χ4n) is 3.74. The zero-order chi connectivity index (χ0) is 17.1. The summed E-state index contributed by atoms with van der Waals surface area (Å²) >= 11 is 0. The van der Waals surface area contributed by atoms with Crippen molar-refractivity contribution in [2.75, 3.05) is 18.4 Å². The number of carbonyl (C=O) groups excluding carboxylic acids is 1. The van der Waals surface area contributed by atoms with Crippen LogP contribution in [0, 0.1) is 0 Å². The predicted molar refractivity (Wildman–Crippen MR) is 96.4 cm³/mol. The van der Waals surface area contributed by atoms with E-state index in [9.17, 15) is 4.79 Å². The van der Waals surface area contributed by atoms with Gasteiger partial charge in [0, 0.05) is 31.4 Å². The maximum atomic E-state index is 12.5. The first-order valence-electron chi connectivity index (χ1n) is 8.94. The number of piperidine rings is 1. The molecule has 130 valence electrons. The number of rotatable bonds is 3. The van der Waals surface area contributed by atoms with E-state index in [4.69, 9.17) is 0 Å². The molecular weight excluding hydrogens is 314 g/mol. The minimum atomic E-state index is 0.0655. The highest BCUT2D eigenvalue weighted by atomic mass is 16.2. The Morgan fingerprint density at radius 3 is 2.36 bits per heavy atom. The van der Waals surface area contributed by atoms with Gasteiger partial charge < -0.3 is 15.5 Å². The minimum Gasteiger partial charge on any atom is -0.366 e. The normalized spacial score (nSPS) is 18.0. The van der Waals surface area contributed by atoms with Crippen LogP contribution in [0.3, 0.4) is 0 Å². The molecule has 25 heavy (non-hydrogen) atoms. The Bertz CT molecular complexity index is 703. The van der Waals surface area contributed by atoms with Crippen LogP contribution < -0.4 is 10.6 Å². The molecule has 1 aliphatic carbocycles. The summed E-state index contributed by atoms with van der Waals surface area (Å²) in [6, 6.07) is 12.9. The molecule has 1 aromatic heterocycles. The Morgan fingerprint density at radius 1 is 1.00 bits per heavy atom. The van der Waals surface area contributed by atoms with Crippen LogP contribution in [0.15, 0.2) is 42.6 Å². The second-order valence-corrected chi connectivity index (χ2v) is 6.84. The van der Waals surface area contributed by atoms with Crippen molar-refractivity contribution in [1.82, 2.24) is 20.4 Å². The minimum absolute atomic E-state index is 0.0655. The smallest absolute Gasteiger partial charge is 0.317 e. The number of benzene rings is 1. The summed E-state index contributed by atoms with van der Waals surface area (Å²) in [6.07, 6.45) is 5.39. The van der Waals surface area contributed by atoms with E-state index in [1.807, 2.05) is 17.0 Å². The van der Waals surface area contributed by atoms with Crippen LogP contribution in [0.4, 0.5) is 10.6 Å². The molecule has 2 heterocycles. The van der Waals surface area contributed by atoms with Gasteiger partial charge in [-0.1, -0.05) is 24.3 Å². The largest absolute Gasteiger partial charge is 0.366 e. The van der Waals surface area contributed by atoms with Crippen LogP contribution >= 0.6 is 0 Å². The van der Waals surface area contributed by atoms with Crippen molar-refractivity contribution in [3.05, 3.63) is 53.7 Å². The average Bonchev–Trinajstić information content (AvgIpc) is 3.05. The Balaban J connectivity index is 1.25. The first kappa shape index (κ1) is 15.9. The topological polar surface area (TPSA) is 70.2 Å². The lowest BCUT2D eigenvalue weighted by Crippen LogP contribution is -2.49. The Hall–Kier alpha value is -2.63. The summed E-state index contributed by atoms with van der Waals surface area (Å²) < 4.78 is 0. The summed E-state index contributed by atoms with van der Waals surface area (Å²) in [5.41, 5.74) is 2.72. The molecule has 4 rings (SSSR count). The standard InChI is InChI=1S/C19H23N5O/c25-19(22-17-12-14-4-1-2-5-15(14)13-17)24-10-7-16(8-11-24)21-18-6-3-9-20-23-18/h1-6,9,16-17H,7-8,10-13H2,(H,21,23)(H,22,25). The number of hydrogen-bond acceptors (Lipinski definition) is 4. The van der Waals surface area contributed by atoms with E-state index in [1.54, 1.807) is 6.20 Å². The molecule has 0 atom stereocenters. The lowest BCUT2D eigenvalue weighted by Gasteiger charge is -2.33. The molecular formula is C19H23N5O. The van der Waals surface area contributed by atoms with E-state index in [1.165, 1.54) is 11.1 Å². The quantitative estimate of drug-likeness (QED) is 0.901. The highest BCUT2D eigenvalue weighted by Gasteiger charge is 2.27. The zero-order valence-corrected chi connectivity index (χ0v) is 14.2. The number of likely N-dealkylation sites (tertiary alicyclic amines) is 1. The van der Waals surface area contributed by atoms with E-state index in [2.05, 4.69) is 45.1 Å². The molecule has 1 aromatic carbocycles. The number of carbonyl (C=O) groups is 1. The third-order valence-corrected chi connectivity index (χ3v) is 5.09. The van der Waals surface area contributed by atoms with Gasteiger partial charge in [-0.15, -0.1) is 5.10 Å². The fraction of sp³-hybridized carbons (Fsp3) is 0.421. The molecule has 2 amide bonds. The molecule has 0 unspecified atom stereocenters. The van der Waals surface area contributed by atoms with Crippen molar-refractivity contribution < 1.29 is 4.79 Å². The molecule has 1 aliphatic heterocycles. The third kappa shape index (κ3) is 3.73. The van der Waals surface area contributed by atoms with Crippen LogP contribution in [0.1, 0.15) is 24.0 Å². The lowest BCUT2D eigenvalue weighted by atomic mass is 10.1. The molecule has 1 fully saturated rings. The summed E-state index contributed by atoms with van der Waals surface area (Å²) in [6.45, 7) is 1.53. The van der Waals surface area contributed by atoms with Gasteiger partial charge in [-0.25, -0.2) is 4.79 Å². The molecule has 0 saturated carbocycles. The van der Waals surface area contributed by atoms with Crippen molar-refractivity contribution in [2.24, 2.45) is 0 Å². The lowest BCUT2D eigenvalue weighted by molar-refractivity contribution is 0.180. The second kappa shape index (κ2) is 7.09. The first-order chi connectivity index (χ1) is 12.3. The number of urea groups is 1. The molecule has 2 aromatic rings. The van der Waals surface area contributed by atoms with Gasteiger partial charge in [0.1, 0.15) is 5.82 Å². The number of anilines is 1. The summed E-state index contributed by atoms with van der Waals surface area (Å²) in [5, 5.41) is 14.5. The number of aromatic nitrogens is 2. The first-order valence-corrected chi connectivity index (χ1v) is 8.94. The van der Waals surface area contributed by atoms with Gasteiger partial charge >= 0.3 is 6.03 Å². The van der Waals surface area contributed by atoms with Gasteiger partial charge in [0.05, 0.1) is 0 Å². The number of amides is 2. The Morgan fingerprint density at radius 2 is 1.72 bits per heavy atom. The van der Waals surface area contributed by atoms with Gasteiger partial charge in [0.2, 0.25) is 0 Å². The van der Waals surface area contributed by atoms with Gasteiger partial charge in [0.15, 0.2) is 0 Å². The summed E-state index contributed by atoms with van der Waals surface area (Å²) in [4.78, 5) is 14.5. The number of nitrogens with one attached hydrogen (secondary N) is 2. The second-order valence-electron chi connectivity index (χ2n) is 6.84. The average molecular weight is 337 g/mol. The van der Waals surface area contributed by atoms with Crippen LogP contribution in [-0.4, -0.2) is 46.3 Å². The van der Waals surface area contributed by atoms with Crippen LogP contribution in [-0.2, 0) is 12.8 Å². The molecule has 0 radical (unpaired) electrons. The predicted octanol–water partition coefficient (Wildman–Crippen LogP) is 2.23. The van der Waals surface area contributed by atoms with Crippen molar-refractivity contribution in [1.29, 1.82) is 0 Å². The molecule has 6 heteroatoms. The molecule has 0 bridgehead atoms. The van der Waals surface area contributed by atoms with Gasteiger partial charge in [-0.3, -0.25) is 0 Å². The van der Waals surface area contributed by atoms with Crippen LogP contribution in [0.2, 0.25) is 0 Å². The summed E-state index contributed by atoms with van der Waals surface area (Å²) in [7, 11) is 0. The van der Waals surface area contributed by atoms with E-state index < -0.39 is 0 Å². The van der Waals surface area contributed by atoms with Crippen molar-refractivity contribution in [3.8, 4) is 0 Å². The molecule has 2 aliphatic rings. The van der Waals surface area contributed by atoms with Crippen molar-refractivity contribution in [3.63, 3.8) is 0 Å². The maximum absolute atomic E-state index is 12.5. The number of fused-ring (bicyclic) bond motifs is 1. The van der Waals surface area contributed by atoms with Crippen molar-refractivity contribution >= 4 is 11.8 Å². The SMILES string of the molecule is O=C(NC1Cc2ccccc2C1)N1CCC(Nc2cccnn2)CC1. The van der Waals surface area contributed by atoms with Gasteiger partial charge in [-0.05, 0) is 48.9 Å². The molecule has 2 N–H and O–H groups in total. The van der Waals surface area contributed by atoms with Gasteiger partial charge in [0.25, 0.3) is 0 Å². The van der Waals surface area contributed by atoms with E-state index in [0.29, 0.717) is 6.04 Å². The Kier molecular flexibility index (Phi) is 4.50. The highest BCUT2D eigenvalue weighted by Crippen LogP contribution is 2.22. The van der Waals surface area contributed by atoms with E-state index >= 15 is 0 Å². The molecule has 1 saturated heterocycles. The van der Waals surface area contributed by atoms with Gasteiger partial charge in [-0.2, -0.15) is 5.10 Å². The third-order valence-electron chi connectivity index (χ3n) is 5.09. The zero-order valence-electron chi connectivity index (χ0n) is 14.2. The van der Waals surface area contributed by atoms with E-state index in [0.717, 1.165) is 44.6 Å². The van der Waals surface area contributed by atoms with Crippen LogP contribution in [0.25, 0.3) is 0 Å². The van der Waals surface area contributed by atoms with Crippen molar-refractivity contribution in [2.45, 2.75) is 37.8 Å². The fourth-order valence-corrected chi connectivity index (χ4v) is 3.74. The molecule has 6 nitrogen and oxygen atoms in total. The molecule has 0 spiro atoms. The monoisotopic (exact) mass is 337 g/mol. The Labute approximate surface area is 147 Å². The highest BCUT2D eigenvalue weighted by molar-refractivity contribution is 5.75. The number of nitrogens with zero attached hydrogens (tertiary/aromatic N) is 3. The number of hydrogen-bond donors (Lipinski definition) is 2.